The Morgan fingerprint density at radius 3 is 2.56 bits per heavy atom. The molecule has 1 fully saturated rings. The van der Waals surface area contributed by atoms with E-state index in [0.717, 1.165) is 33.9 Å². The summed E-state index contributed by atoms with van der Waals surface area (Å²) < 4.78 is 7.37. The Kier molecular flexibility index (Phi) is 6.17. The van der Waals surface area contributed by atoms with E-state index in [2.05, 4.69) is 27.0 Å². The molecule has 0 unspecified atom stereocenters. The molecule has 2 aromatic carbocycles. The lowest BCUT2D eigenvalue weighted by Crippen LogP contribution is -2.19. The van der Waals surface area contributed by atoms with Crippen LogP contribution in [0.2, 0.25) is 5.02 Å². The van der Waals surface area contributed by atoms with Gasteiger partial charge in [-0.3, -0.25) is 4.79 Å². The van der Waals surface area contributed by atoms with Crippen LogP contribution < -0.4 is 10.1 Å². The van der Waals surface area contributed by atoms with Crippen LogP contribution in [0.25, 0.3) is 11.8 Å². The summed E-state index contributed by atoms with van der Waals surface area (Å²) >= 11 is 7.68. The van der Waals surface area contributed by atoms with Gasteiger partial charge in [-0.1, -0.05) is 29.3 Å². The van der Waals surface area contributed by atoms with E-state index in [0.29, 0.717) is 20.8 Å². The first kappa shape index (κ1) is 22.2. The van der Waals surface area contributed by atoms with E-state index < -0.39 is 0 Å². The van der Waals surface area contributed by atoms with Crippen LogP contribution in [0.4, 0.5) is 5.69 Å². The number of amides is 1. The monoisotopic (exact) mass is 465 g/mol. The third-order valence-electron chi connectivity index (χ3n) is 5.38. The van der Waals surface area contributed by atoms with E-state index in [9.17, 15) is 4.79 Å². The van der Waals surface area contributed by atoms with Crippen LogP contribution in [-0.2, 0) is 4.79 Å². The fourth-order valence-electron chi connectivity index (χ4n) is 3.79. The van der Waals surface area contributed by atoms with Crippen LogP contribution in [0.1, 0.15) is 28.1 Å². The Hall–Kier alpha value is -2.96. The molecule has 5 nitrogen and oxygen atoms in total. The van der Waals surface area contributed by atoms with Gasteiger partial charge in [0, 0.05) is 17.1 Å². The first-order valence-corrected chi connectivity index (χ1v) is 11.4. The van der Waals surface area contributed by atoms with Gasteiger partial charge in [0.25, 0.3) is 5.91 Å². The maximum absolute atomic E-state index is 12.6. The second-order valence-electron chi connectivity index (χ2n) is 7.75. The average Bonchev–Trinajstić information content (AvgIpc) is 3.22. The molecule has 32 heavy (non-hydrogen) atoms. The summed E-state index contributed by atoms with van der Waals surface area (Å²) in [7, 11) is 1.60. The van der Waals surface area contributed by atoms with E-state index in [1.165, 1.54) is 17.3 Å². The number of nitrogens with one attached hydrogen (secondary N) is 1. The molecule has 0 bridgehead atoms. The minimum atomic E-state index is -0.143. The molecule has 2 heterocycles. The zero-order chi connectivity index (χ0) is 23.0. The minimum absolute atomic E-state index is 0.143. The predicted octanol–water partition coefficient (Wildman–Crippen LogP) is 6.26. The zero-order valence-electron chi connectivity index (χ0n) is 18.6. The number of rotatable bonds is 4. The summed E-state index contributed by atoms with van der Waals surface area (Å²) in [6.45, 7) is 8.12. The SMILES string of the molecule is COc1ccc(-n2c(C)cc(/C=C3\SC(=Nc4ccc(C)cc4C)NC3=O)c2C)cc1Cl. The molecule has 1 saturated heterocycles. The van der Waals surface area contributed by atoms with E-state index >= 15 is 0 Å². The second-order valence-corrected chi connectivity index (χ2v) is 9.19. The lowest BCUT2D eigenvalue weighted by atomic mass is 10.1. The number of benzene rings is 2. The van der Waals surface area contributed by atoms with Crippen LogP contribution in [0, 0.1) is 27.7 Å². The molecule has 0 aliphatic carbocycles. The highest BCUT2D eigenvalue weighted by molar-refractivity contribution is 8.18. The third-order valence-corrected chi connectivity index (χ3v) is 6.58. The Labute approximate surface area is 197 Å². The van der Waals surface area contributed by atoms with Gasteiger partial charge in [0.2, 0.25) is 0 Å². The maximum atomic E-state index is 12.6. The first-order chi connectivity index (χ1) is 15.3. The molecular weight excluding hydrogens is 442 g/mol. The normalized spacial score (nSPS) is 16.1. The number of thioether (sulfide) groups is 1. The molecule has 164 valence electrons. The molecule has 1 N–H and O–H groups in total. The minimum Gasteiger partial charge on any atom is -0.495 e. The molecule has 1 amide bonds. The van der Waals surface area contributed by atoms with Crippen molar-refractivity contribution in [3.8, 4) is 11.4 Å². The molecule has 4 rings (SSSR count). The van der Waals surface area contributed by atoms with Crippen LogP contribution in [-0.4, -0.2) is 22.8 Å². The van der Waals surface area contributed by atoms with Gasteiger partial charge in [-0.2, -0.15) is 0 Å². The highest BCUT2D eigenvalue weighted by Crippen LogP contribution is 2.33. The highest BCUT2D eigenvalue weighted by Gasteiger charge is 2.25. The van der Waals surface area contributed by atoms with Crippen molar-refractivity contribution >= 4 is 46.2 Å². The van der Waals surface area contributed by atoms with Crippen molar-refractivity contribution in [2.24, 2.45) is 4.99 Å². The van der Waals surface area contributed by atoms with Crippen molar-refractivity contribution in [3.05, 3.63) is 80.5 Å². The Morgan fingerprint density at radius 2 is 1.88 bits per heavy atom. The number of ether oxygens (including phenoxy) is 1. The van der Waals surface area contributed by atoms with Gasteiger partial charge >= 0.3 is 0 Å². The van der Waals surface area contributed by atoms with Gasteiger partial charge < -0.3 is 14.6 Å². The standard InChI is InChI=1S/C25H24ClN3O2S/c1-14-6-8-21(15(2)10-14)27-25-28-24(30)23(32-25)12-18-11-16(3)29(17(18)4)19-7-9-22(31-5)20(26)13-19/h6-13H,1-5H3,(H,27,28,30)/b23-12-. The molecule has 1 aliphatic heterocycles. The molecule has 0 spiro atoms. The van der Waals surface area contributed by atoms with Crippen molar-refractivity contribution in [1.29, 1.82) is 0 Å². The van der Waals surface area contributed by atoms with E-state index in [1.807, 2.05) is 64.1 Å². The number of aromatic nitrogens is 1. The molecule has 0 atom stereocenters. The van der Waals surface area contributed by atoms with Crippen molar-refractivity contribution in [2.45, 2.75) is 27.7 Å². The first-order valence-electron chi connectivity index (χ1n) is 10.2. The number of aliphatic imine (C=N–C) groups is 1. The third kappa shape index (κ3) is 4.33. The molecule has 0 radical (unpaired) electrons. The van der Waals surface area contributed by atoms with Gasteiger partial charge in [-0.05, 0) is 87.0 Å². The molecule has 0 saturated carbocycles. The molecule has 1 aliphatic rings. The summed E-state index contributed by atoms with van der Waals surface area (Å²) in [6.07, 6.45) is 1.91. The van der Waals surface area contributed by atoms with Crippen LogP contribution >= 0.6 is 23.4 Å². The lowest BCUT2D eigenvalue weighted by Gasteiger charge is -2.11. The number of methoxy groups -OCH3 is 1. The van der Waals surface area contributed by atoms with Crippen molar-refractivity contribution in [1.82, 2.24) is 9.88 Å². The largest absolute Gasteiger partial charge is 0.495 e. The fourth-order valence-corrected chi connectivity index (χ4v) is 4.87. The fraction of sp³-hybridized carbons (Fsp3) is 0.200. The lowest BCUT2D eigenvalue weighted by molar-refractivity contribution is -0.115. The van der Waals surface area contributed by atoms with Crippen LogP contribution in [0.5, 0.6) is 5.75 Å². The number of hydrogen-bond donors (Lipinski definition) is 1. The Bertz CT molecular complexity index is 1290. The van der Waals surface area contributed by atoms with Crippen LogP contribution in [0.3, 0.4) is 0 Å². The van der Waals surface area contributed by atoms with E-state index in [1.54, 1.807) is 7.11 Å². The van der Waals surface area contributed by atoms with Gasteiger partial charge in [-0.15, -0.1) is 0 Å². The Morgan fingerprint density at radius 1 is 1.09 bits per heavy atom. The number of aryl methyl sites for hydroxylation is 3. The number of carbonyl (C=O) groups excluding carboxylic acids is 1. The van der Waals surface area contributed by atoms with Crippen LogP contribution in [0.15, 0.2) is 52.4 Å². The topological polar surface area (TPSA) is 55.6 Å². The van der Waals surface area contributed by atoms with Gasteiger partial charge in [-0.25, -0.2) is 4.99 Å². The zero-order valence-corrected chi connectivity index (χ0v) is 20.2. The maximum Gasteiger partial charge on any atom is 0.264 e. The predicted molar refractivity (Wildman–Crippen MR) is 134 cm³/mol. The van der Waals surface area contributed by atoms with Gasteiger partial charge in [0.05, 0.1) is 22.7 Å². The molecule has 7 heteroatoms. The van der Waals surface area contributed by atoms with Crippen molar-refractivity contribution in [3.63, 3.8) is 0 Å². The van der Waals surface area contributed by atoms with Gasteiger partial charge in [0.1, 0.15) is 5.75 Å². The summed E-state index contributed by atoms with van der Waals surface area (Å²) in [5.74, 6) is 0.491. The summed E-state index contributed by atoms with van der Waals surface area (Å²) in [4.78, 5) is 17.8. The molecule has 3 aromatic rings. The average molecular weight is 466 g/mol. The summed E-state index contributed by atoms with van der Waals surface area (Å²) in [5, 5.41) is 4.01. The Balaban J connectivity index is 1.64. The smallest absolute Gasteiger partial charge is 0.264 e. The highest BCUT2D eigenvalue weighted by atomic mass is 35.5. The van der Waals surface area contributed by atoms with Crippen molar-refractivity contribution in [2.75, 3.05) is 7.11 Å². The molecule has 1 aromatic heterocycles. The summed E-state index contributed by atoms with van der Waals surface area (Å²) in [5.41, 5.74) is 7.09. The van der Waals surface area contributed by atoms with Crippen molar-refractivity contribution < 1.29 is 9.53 Å². The van der Waals surface area contributed by atoms with E-state index in [4.69, 9.17) is 16.3 Å². The van der Waals surface area contributed by atoms with Gasteiger partial charge in [0.15, 0.2) is 5.17 Å². The molecular formula is C25H24ClN3O2S. The number of hydrogen-bond acceptors (Lipinski definition) is 4. The second kappa shape index (κ2) is 8.88. The summed E-state index contributed by atoms with van der Waals surface area (Å²) in [6, 6.07) is 13.8. The quantitative estimate of drug-likeness (QED) is 0.462. The number of nitrogens with zero attached hydrogens (tertiary/aromatic N) is 2. The van der Waals surface area contributed by atoms with E-state index in [-0.39, 0.29) is 5.91 Å². The number of halogens is 1. The number of amidine groups is 1. The number of carbonyl (C=O) groups is 1.